The average molecular weight is 320 g/mol. The maximum atomic E-state index is 12.6. The van der Waals surface area contributed by atoms with Gasteiger partial charge in [0.15, 0.2) is 0 Å². The van der Waals surface area contributed by atoms with Crippen LogP contribution < -0.4 is 4.74 Å². The Morgan fingerprint density at radius 2 is 1.91 bits per heavy atom. The number of morpholine rings is 1. The first-order valence-electron chi connectivity index (χ1n) is 8.27. The summed E-state index contributed by atoms with van der Waals surface area (Å²) in [4.78, 5) is 18.7. The minimum Gasteiger partial charge on any atom is -0.474 e. The van der Waals surface area contributed by atoms with Crippen LogP contribution in [0.1, 0.15) is 37.0 Å². The third-order valence-corrected chi connectivity index (χ3v) is 4.15. The van der Waals surface area contributed by atoms with Crippen LogP contribution in [0.2, 0.25) is 0 Å². The molecule has 23 heavy (non-hydrogen) atoms. The van der Waals surface area contributed by atoms with Crippen LogP contribution in [0, 0.1) is 0 Å². The number of hydrogen-bond donors (Lipinski definition) is 0. The zero-order valence-corrected chi connectivity index (χ0v) is 13.7. The first kappa shape index (κ1) is 16.2. The van der Waals surface area contributed by atoms with Crippen molar-refractivity contribution < 1.29 is 19.0 Å². The van der Waals surface area contributed by atoms with E-state index in [1.54, 1.807) is 18.3 Å². The second-order valence-corrected chi connectivity index (χ2v) is 6.28. The van der Waals surface area contributed by atoms with E-state index in [1.165, 1.54) is 0 Å². The van der Waals surface area contributed by atoms with E-state index in [2.05, 4.69) is 4.98 Å². The minimum absolute atomic E-state index is 0.00267. The zero-order chi connectivity index (χ0) is 16.2. The number of carbonyl (C=O) groups is 1. The Kier molecular flexibility index (Phi) is 5.13. The van der Waals surface area contributed by atoms with Crippen LogP contribution >= 0.6 is 0 Å². The van der Waals surface area contributed by atoms with Crippen molar-refractivity contribution in [3.63, 3.8) is 0 Å². The molecule has 0 aromatic carbocycles. The van der Waals surface area contributed by atoms with Gasteiger partial charge in [0.25, 0.3) is 5.91 Å². The molecule has 0 spiro atoms. The van der Waals surface area contributed by atoms with Crippen molar-refractivity contribution in [1.29, 1.82) is 0 Å². The van der Waals surface area contributed by atoms with Crippen LogP contribution in [-0.2, 0) is 9.47 Å². The fourth-order valence-corrected chi connectivity index (χ4v) is 3.07. The molecule has 0 radical (unpaired) electrons. The van der Waals surface area contributed by atoms with E-state index >= 15 is 0 Å². The standard InChI is InChI=1S/C17H24N2O4/c1-12-10-19(11-13(2)22-12)17(20)14-3-4-16(18-9-14)23-15-5-7-21-8-6-15/h3-4,9,12-13,15H,5-8,10-11H2,1-2H3. The SMILES string of the molecule is CC1CN(C(=O)c2ccc(OC3CCOCC3)nc2)CC(C)O1. The maximum Gasteiger partial charge on any atom is 0.255 e. The highest BCUT2D eigenvalue weighted by Crippen LogP contribution is 2.18. The van der Waals surface area contributed by atoms with E-state index in [4.69, 9.17) is 14.2 Å². The monoisotopic (exact) mass is 320 g/mol. The molecule has 0 bridgehead atoms. The fraction of sp³-hybridized carbons (Fsp3) is 0.647. The Hall–Kier alpha value is -1.66. The molecule has 0 aliphatic carbocycles. The molecule has 126 valence electrons. The van der Waals surface area contributed by atoms with Gasteiger partial charge in [-0.05, 0) is 19.9 Å². The number of rotatable bonds is 3. The van der Waals surface area contributed by atoms with Gasteiger partial charge in [-0.25, -0.2) is 4.98 Å². The van der Waals surface area contributed by atoms with Gasteiger partial charge in [0.1, 0.15) is 6.10 Å². The Morgan fingerprint density at radius 1 is 1.22 bits per heavy atom. The van der Waals surface area contributed by atoms with Gasteiger partial charge in [0.05, 0.1) is 31.0 Å². The van der Waals surface area contributed by atoms with E-state index in [0.717, 1.165) is 26.1 Å². The van der Waals surface area contributed by atoms with Crippen LogP contribution in [0.25, 0.3) is 0 Å². The van der Waals surface area contributed by atoms with Gasteiger partial charge in [-0.3, -0.25) is 4.79 Å². The lowest BCUT2D eigenvalue weighted by Gasteiger charge is -2.35. The zero-order valence-electron chi connectivity index (χ0n) is 13.7. The molecule has 2 aliphatic rings. The molecule has 1 aromatic heterocycles. The third kappa shape index (κ3) is 4.20. The van der Waals surface area contributed by atoms with Crippen molar-refractivity contribution in [1.82, 2.24) is 9.88 Å². The number of nitrogens with zero attached hydrogens (tertiary/aromatic N) is 2. The highest BCUT2D eigenvalue weighted by Gasteiger charge is 2.26. The van der Waals surface area contributed by atoms with Gasteiger partial charge in [0, 0.05) is 38.2 Å². The van der Waals surface area contributed by atoms with E-state index in [0.29, 0.717) is 24.5 Å². The molecule has 2 aliphatic heterocycles. The Morgan fingerprint density at radius 3 is 2.52 bits per heavy atom. The molecule has 6 heteroatoms. The summed E-state index contributed by atoms with van der Waals surface area (Å²) in [6, 6.07) is 3.56. The average Bonchev–Trinajstić information content (AvgIpc) is 2.55. The van der Waals surface area contributed by atoms with Crippen molar-refractivity contribution in [2.24, 2.45) is 0 Å². The molecule has 0 N–H and O–H groups in total. The largest absolute Gasteiger partial charge is 0.474 e. The van der Waals surface area contributed by atoms with Crippen LogP contribution in [0.4, 0.5) is 0 Å². The summed E-state index contributed by atoms with van der Waals surface area (Å²) in [6.07, 6.45) is 3.64. The smallest absolute Gasteiger partial charge is 0.255 e. The Balaban J connectivity index is 1.60. The van der Waals surface area contributed by atoms with Gasteiger partial charge in [-0.1, -0.05) is 0 Å². The van der Waals surface area contributed by atoms with Crippen molar-refractivity contribution in [2.75, 3.05) is 26.3 Å². The molecular formula is C17H24N2O4. The van der Waals surface area contributed by atoms with Crippen LogP contribution in [0.3, 0.4) is 0 Å². The third-order valence-electron chi connectivity index (χ3n) is 4.15. The summed E-state index contributed by atoms with van der Waals surface area (Å²) in [5, 5.41) is 0. The Labute approximate surface area is 136 Å². The van der Waals surface area contributed by atoms with Crippen LogP contribution in [0.5, 0.6) is 5.88 Å². The maximum absolute atomic E-state index is 12.6. The molecule has 0 saturated carbocycles. The molecule has 1 aromatic rings. The predicted molar refractivity (Wildman–Crippen MR) is 84.6 cm³/mol. The van der Waals surface area contributed by atoms with Crippen molar-refractivity contribution in [3.8, 4) is 5.88 Å². The number of pyridine rings is 1. The summed E-state index contributed by atoms with van der Waals surface area (Å²) in [6.45, 7) is 6.66. The summed E-state index contributed by atoms with van der Waals surface area (Å²) in [5.74, 6) is 0.564. The minimum atomic E-state index is -0.00267. The van der Waals surface area contributed by atoms with Gasteiger partial charge in [0.2, 0.25) is 5.88 Å². The summed E-state index contributed by atoms with van der Waals surface area (Å²) in [5.41, 5.74) is 0.589. The van der Waals surface area contributed by atoms with E-state index in [-0.39, 0.29) is 24.2 Å². The fourth-order valence-electron chi connectivity index (χ4n) is 3.07. The number of carbonyl (C=O) groups excluding carboxylic acids is 1. The van der Waals surface area contributed by atoms with Crippen molar-refractivity contribution >= 4 is 5.91 Å². The normalized spacial score (nSPS) is 26.1. The summed E-state index contributed by atoms with van der Waals surface area (Å²) >= 11 is 0. The number of ether oxygens (including phenoxy) is 3. The lowest BCUT2D eigenvalue weighted by atomic mass is 10.1. The molecule has 2 atom stereocenters. The van der Waals surface area contributed by atoms with E-state index < -0.39 is 0 Å². The quantitative estimate of drug-likeness (QED) is 0.851. The molecule has 6 nitrogen and oxygen atoms in total. The molecule has 2 unspecified atom stereocenters. The summed E-state index contributed by atoms with van der Waals surface area (Å²) in [7, 11) is 0. The highest BCUT2D eigenvalue weighted by atomic mass is 16.5. The highest BCUT2D eigenvalue weighted by molar-refractivity contribution is 5.94. The first-order valence-corrected chi connectivity index (χ1v) is 8.27. The second kappa shape index (κ2) is 7.27. The predicted octanol–water partition coefficient (Wildman–Crippen LogP) is 1.89. The lowest BCUT2D eigenvalue weighted by Crippen LogP contribution is -2.48. The van der Waals surface area contributed by atoms with Crippen LogP contribution in [0.15, 0.2) is 18.3 Å². The molecule has 2 fully saturated rings. The lowest BCUT2D eigenvalue weighted by molar-refractivity contribution is -0.0586. The van der Waals surface area contributed by atoms with Gasteiger partial charge in [-0.15, -0.1) is 0 Å². The second-order valence-electron chi connectivity index (χ2n) is 6.28. The van der Waals surface area contributed by atoms with E-state index in [1.807, 2.05) is 18.7 Å². The van der Waals surface area contributed by atoms with E-state index in [9.17, 15) is 4.79 Å². The number of amides is 1. The topological polar surface area (TPSA) is 60.9 Å². The van der Waals surface area contributed by atoms with Crippen LogP contribution in [-0.4, -0.2) is 60.4 Å². The first-order chi connectivity index (χ1) is 11.1. The summed E-state index contributed by atoms with van der Waals surface area (Å²) < 4.78 is 16.8. The van der Waals surface area contributed by atoms with Crippen molar-refractivity contribution in [3.05, 3.63) is 23.9 Å². The molecule has 3 rings (SSSR count). The molecular weight excluding hydrogens is 296 g/mol. The van der Waals surface area contributed by atoms with Gasteiger partial charge in [-0.2, -0.15) is 0 Å². The van der Waals surface area contributed by atoms with Gasteiger partial charge >= 0.3 is 0 Å². The molecule has 1 amide bonds. The van der Waals surface area contributed by atoms with Crippen molar-refractivity contribution in [2.45, 2.75) is 45.0 Å². The Bertz CT molecular complexity index is 518. The number of aromatic nitrogens is 1. The molecule has 3 heterocycles. The van der Waals surface area contributed by atoms with Gasteiger partial charge < -0.3 is 19.1 Å². The molecule has 2 saturated heterocycles. The number of hydrogen-bond acceptors (Lipinski definition) is 5.